The van der Waals surface area contributed by atoms with E-state index < -0.39 is 0 Å². The van der Waals surface area contributed by atoms with Gasteiger partial charge in [0.2, 0.25) is 5.89 Å². The van der Waals surface area contributed by atoms with Crippen LogP contribution in [0, 0.1) is 0 Å². The molecule has 140 valence electrons. The number of ether oxygens (including phenoxy) is 1. The van der Waals surface area contributed by atoms with Crippen LogP contribution in [0.2, 0.25) is 0 Å². The van der Waals surface area contributed by atoms with Gasteiger partial charge >= 0.3 is 0 Å². The second-order valence-corrected chi connectivity index (χ2v) is 7.33. The predicted molar refractivity (Wildman–Crippen MR) is 97.9 cm³/mol. The van der Waals surface area contributed by atoms with E-state index in [2.05, 4.69) is 37.9 Å². The van der Waals surface area contributed by atoms with Gasteiger partial charge in [-0.15, -0.1) is 0 Å². The van der Waals surface area contributed by atoms with Gasteiger partial charge in [0.25, 0.3) is 5.95 Å². The number of likely N-dealkylation sites (tertiary alicyclic amines) is 1. The van der Waals surface area contributed by atoms with Crippen LogP contribution in [0.3, 0.4) is 0 Å². The Morgan fingerprint density at radius 3 is 2.88 bits per heavy atom. The zero-order valence-corrected chi connectivity index (χ0v) is 15.4. The summed E-state index contributed by atoms with van der Waals surface area (Å²) in [5.41, 5.74) is 1.18. The molecule has 4 rings (SSSR count). The van der Waals surface area contributed by atoms with Crippen molar-refractivity contribution in [1.82, 2.24) is 20.0 Å². The Balaban J connectivity index is 1.35. The van der Waals surface area contributed by atoms with E-state index in [1.165, 1.54) is 5.56 Å². The molecule has 4 heterocycles. The zero-order chi connectivity index (χ0) is 17.8. The molecule has 0 radical (unpaired) electrons. The van der Waals surface area contributed by atoms with Crippen molar-refractivity contribution >= 4 is 5.95 Å². The van der Waals surface area contributed by atoms with E-state index in [-0.39, 0.29) is 5.60 Å². The van der Waals surface area contributed by atoms with Crippen molar-refractivity contribution in [3.05, 3.63) is 36.0 Å². The van der Waals surface area contributed by atoms with Crippen molar-refractivity contribution in [2.45, 2.75) is 44.8 Å². The minimum atomic E-state index is -0.0881. The highest BCUT2D eigenvalue weighted by atomic mass is 16.5. The van der Waals surface area contributed by atoms with Gasteiger partial charge < -0.3 is 14.2 Å². The monoisotopic (exact) mass is 357 g/mol. The average Bonchev–Trinajstić information content (AvgIpc) is 3.14. The van der Waals surface area contributed by atoms with Gasteiger partial charge in [0.15, 0.2) is 0 Å². The second kappa shape index (κ2) is 7.72. The fourth-order valence-electron chi connectivity index (χ4n) is 3.88. The fraction of sp³-hybridized carbons (Fsp3) is 0.632. The standard InChI is InChI=1S/C19H27N5O2/c1-2-4-17-21-18(22-26-17)24-11-12-25-19(15-24)6-9-23(10-7-19)14-16-5-3-8-20-13-16/h3,5,8,13H,2,4,6-7,9-12,14-15H2,1H3. The number of nitrogens with zero attached hydrogens (tertiary/aromatic N) is 5. The molecule has 0 unspecified atom stereocenters. The average molecular weight is 357 g/mol. The molecule has 7 heteroatoms. The molecular weight excluding hydrogens is 330 g/mol. The lowest BCUT2D eigenvalue weighted by Gasteiger charge is -2.47. The molecule has 0 atom stereocenters. The van der Waals surface area contributed by atoms with Crippen molar-refractivity contribution in [3.8, 4) is 0 Å². The first-order valence-electron chi connectivity index (χ1n) is 9.59. The van der Waals surface area contributed by atoms with E-state index in [4.69, 9.17) is 9.26 Å². The van der Waals surface area contributed by atoms with Gasteiger partial charge in [-0.3, -0.25) is 9.88 Å². The molecule has 2 aliphatic rings. The summed E-state index contributed by atoms with van der Waals surface area (Å²) >= 11 is 0. The number of hydrogen-bond acceptors (Lipinski definition) is 7. The minimum Gasteiger partial charge on any atom is -0.371 e. The lowest BCUT2D eigenvalue weighted by molar-refractivity contribution is -0.0924. The van der Waals surface area contributed by atoms with Crippen LogP contribution in [0.15, 0.2) is 29.0 Å². The third-order valence-electron chi connectivity index (χ3n) is 5.35. The van der Waals surface area contributed by atoms with Crippen LogP contribution in [0.1, 0.15) is 37.6 Å². The summed E-state index contributed by atoms with van der Waals surface area (Å²) in [5, 5.41) is 4.17. The van der Waals surface area contributed by atoms with E-state index in [0.29, 0.717) is 5.95 Å². The van der Waals surface area contributed by atoms with Gasteiger partial charge in [0.1, 0.15) is 0 Å². The molecule has 0 bridgehead atoms. The molecule has 0 aromatic carbocycles. The van der Waals surface area contributed by atoms with Crippen LogP contribution in [0.25, 0.3) is 0 Å². The number of morpholine rings is 1. The number of hydrogen-bond donors (Lipinski definition) is 0. The summed E-state index contributed by atoms with van der Waals surface area (Å²) in [7, 11) is 0. The summed E-state index contributed by atoms with van der Waals surface area (Å²) in [4.78, 5) is 13.5. The Kier molecular flexibility index (Phi) is 5.17. The number of pyridine rings is 1. The van der Waals surface area contributed by atoms with E-state index in [1.807, 2.05) is 18.5 Å². The number of aromatic nitrogens is 3. The van der Waals surface area contributed by atoms with Crippen LogP contribution < -0.4 is 4.90 Å². The highest BCUT2D eigenvalue weighted by molar-refractivity contribution is 5.30. The topological polar surface area (TPSA) is 67.5 Å². The van der Waals surface area contributed by atoms with Crippen LogP contribution in [-0.2, 0) is 17.7 Å². The molecule has 0 saturated carbocycles. The van der Waals surface area contributed by atoms with Crippen molar-refractivity contribution in [3.63, 3.8) is 0 Å². The zero-order valence-electron chi connectivity index (χ0n) is 15.4. The van der Waals surface area contributed by atoms with Gasteiger partial charge in [-0.1, -0.05) is 13.0 Å². The Bertz CT molecular complexity index is 697. The maximum Gasteiger partial charge on any atom is 0.266 e. The fourth-order valence-corrected chi connectivity index (χ4v) is 3.88. The van der Waals surface area contributed by atoms with Gasteiger partial charge in [0, 0.05) is 45.0 Å². The molecule has 26 heavy (non-hydrogen) atoms. The second-order valence-electron chi connectivity index (χ2n) is 7.33. The largest absolute Gasteiger partial charge is 0.371 e. The molecule has 2 aromatic heterocycles. The molecule has 0 N–H and O–H groups in total. The molecule has 7 nitrogen and oxygen atoms in total. The maximum absolute atomic E-state index is 6.24. The number of anilines is 1. The summed E-state index contributed by atoms with van der Waals surface area (Å²) in [5.74, 6) is 1.45. The first-order chi connectivity index (χ1) is 12.8. The summed E-state index contributed by atoms with van der Waals surface area (Å²) in [6.07, 6.45) is 7.69. The molecule has 0 amide bonds. The van der Waals surface area contributed by atoms with Crippen molar-refractivity contribution in [2.24, 2.45) is 0 Å². The third-order valence-corrected chi connectivity index (χ3v) is 5.35. The molecular formula is C19H27N5O2. The normalized spacial score (nSPS) is 20.6. The number of piperidine rings is 1. The predicted octanol–water partition coefficient (Wildman–Crippen LogP) is 2.29. The van der Waals surface area contributed by atoms with Crippen molar-refractivity contribution < 1.29 is 9.26 Å². The maximum atomic E-state index is 6.24. The van der Waals surface area contributed by atoms with Gasteiger partial charge in [-0.05, 0) is 36.0 Å². The summed E-state index contributed by atoms with van der Waals surface area (Å²) < 4.78 is 11.6. The van der Waals surface area contributed by atoms with Crippen molar-refractivity contribution in [1.29, 1.82) is 0 Å². The van der Waals surface area contributed by atoms with Gasteiger partial charge in [-0.2, -0.15) is 4.98 Å². The lowest BCUT2D eigenvalue weighted by Crippen LogP contribution is -2.57. The van der Waals surface area contributed by atoms with Gasteiger partial charge in [-0.25, -0.2) is 0 Å². The SMILES string of the molecule is CCCc1nc(N2CCOC3(CCN(Cc4cccnc4)CC3)C2)no1. The Morgan fingerprint density at radius 1 is 1.23 bits per heavy atom. The van der Waals surface area contributed by atoms with Crippen molar-refractivity contribution in [2.75, 3.05) is 37.7 Å². The van der Waals surface area contributed by atoms with Crippen LogP contribution in [-0.4, -0.2) is 58.4 Å². The molecule has 2 saturated heterocycles. The smallest absolute Gasteiger partial charge is 0.266 e. The Hall–Kier alpha value is -1.99. The van der Waals surface area contributed by atoms with Gasteiger partial charge in [0.05, 0.1) is 18.8 Å². The van der Waals surface area contributed by atoms with Crippen LogP contribution in [0.4, 0.5) is 5.95 Å². The highest BCUT2D eigenvalue weighted by Crippen LogP contribution is 2.32. The molecule has 1 spiro atoms. The Morgan fingerprint density at radius 2 is 2.12 bits per heavy atom. The van der Waals surface area contributed by atoms with E-state index in [1.54, 1.807) is 0 Å². The third kappa shape index (κ3) is 3.88. The quantitative estimate of drug-likeness (QED) is 0.813. The molecule has 2 aliphatic heterocycles. The summed E-state index contributed by atoms with van der Waals surface area (Å²) in [6, 6.07) is 4.14. The molecule has 0 aliphatic carbocycles. The van der Waals surface area contributed by atoms with Crippen LogP contribution in [0.5, 0.6) is 0 Å². The summed E-state index contributed by atoms with van der Waals surface area (Å²) in [6.45, 7) is 7.54. The minimum absolute atomic E-state index is 0.0881. The molecule has 2 aromatic rings. The van der Waals surface area contributed by atoms with Crippen LogP contribution >= 0.6 is 0 Å². The number of aryl methyl sites for hydroxylation is 1. The molecule has 2 fully saturated rings. The van der Waals surface area contributed by atoms with E-state index >= 15 is 0 Å². The van der Waals surface area contributed by atoms with E-state index in [9.17, 15) is 0 Å². The Labute approximate surface area is 154 Å². The first kappa shape index (κ1) is 17.4. The van der Waals surface area contributed by atoms with E-state index in [0.717, 1.165) is 70.9 Å². The lowest BCUT2D eigenvalue weighted by atomic mass is 9.89. The number of rotatable bonds is 5. The first-order valence-corrected chi connectivity index (χ1v) is 9.59. The highest BCUT2D eigenvalue weighted by Gasteiger charge is 2.40.